The molecule has 2 amide bonds. The predicted molar refractivity (Wildman–Crippen MR) is 63.9 cm³/mol. The van der Waals surface area contributed by atoms with Gasteiger partial charge in [-0.1, -0.05) is 12.1 Å². The largest absolute Gasteiger partial charge is 0.491 e. The van der Waals surface area contributed by atoms with Crippen molar-refractivity contribution in [3.8, 4) is 5.75 Å². The van der Waals surface area contributed by atoms with E-state index in [0.29, 0.717) is 25.4 Å². The standard InChI is InChI=1S/C12H14N2O4/c15-11(16)9-3-1-2-4-10(9)18-8-7-14-6-5-13-12(14)17/h1-4H,5-8H2,(H,13,17)(H,15,16). The molecule has 0 aliphatic carbocycles. The molecule has 1 aliphatic rings. The zero-order valence-corrected chi connectivity index (χ0v) is 9.76. The van der Waals surface area contributed by atoms with Crippen LogP contribution in [0.1, 0.15) is 10.4 Å². The van der Waals surface area contributed by atoms with Crippen LogP contribution < -0.4 is 10.1 Å². The Labute approximate surface area is 104 Å². The van der Waals surface area contributed by atoms with E-state index in [9.17, 15) is 9.59 Å². The first-order chi connectivity index (χ1) is 8.68. The van der Waals surface area contributed by atoms with Gasteiger partial charge < -0.3 is 20.1 Å². The summed E-state index contributed by atoms with van der Waals surface area (Å²) in [6.45, 7) is 2.02. The van der Waals surface area contributed by atoms with Crippen molar-refractivity contribution in [2.75, 3.05) is 26.2 Å². The van der Waals surface area contributed by atoms with Crippen molar-refractivity contribution in [1.29, 1.82) is 0 Å². The first kappa shape index (κ1) is 12.2. The summed E-state index contributed by atoms with van der Waals surface area (Å²) in [5.74, 6) is -0.700. The molecule has 0 unspecified atom stereocenters. The number of para-hydroxylation sites is 1. The van der Waals surface area contributed by atoms with Gasteiger partial charge in [-0.3, -0.25) is 0 Å². The van der Waals surface area contributed by atoms with Gasteiger partial charge >= 0.3 is 12.0 Å². The highest BCUT2D eigenvalue weighted by Crippen LogP contribution is 2.17. The third-order valence-electron chi connectivity index (χ3n) is 2.68. The summed E-state index contributed by atoms with van der Waals surface area (Å²) in [5.41, 5.74) is 0.128. The summed E-state index contributed by atoms with van der Waals surface area (Å²) in [6.07, 6.45) is 0. The number of ether oxygens (including phenoxy) is 1. The highest BCUT2D eigenvalue weighted by Gasteiger charge is 2.19. The van der Waals surface area contributed by atoms with Crippen molar-refractivity contribution in [2.45, 2.75) is 0 Å². The van der Waals surface area contributed by atoms with E-state index >= 15 is 0 Å². The van der Waals surface area contributed by atoms with Gasteiger partial charge in [-0.15, -0.1) is 0 Å². The maximum absolute atomic E-state index is 11.3. The Bertz CT molecular complexity index is 461. The molecule has 1 aromatic carbocycles. The average Bonchev–Trinajstić information content (AvgIpc) is 2.76. The molecule has 0 aromatic heterocycles. The molecule has 18 heavy (non-hydrogen) atoms. The number of aromatic carboxylic acids is 1. The summed E-state index contributed by atoms with van der Waals surface area (Å²) in [7, 11) is 0. The number of urea groups is 1. The monoisotopic (exact) mass is 250 g/mol. The van der Waals surface area contributed by atoms with Crippen LogP contribution in [0.5, 0.6) is 5.75 Å². The number of rotatable bonds is 5. The zero-order valence-electron chi connectivity index (χ0n) is 9.76. The van der Waals surface area contributed by atoms with E-state index in [2.05, 4.69) is 5.32 Å². The topological polar surface area (TPSA) is 78.9 Å². The maximum atomic E-state index is 11.3. The molecule has 2 rings (SSSR count). The number of benzene rings is 1. The number of carboxylic acids is 1. The molecule has 0 radical (unpaired) electrons. The van der Waals surface area contributed by atoms with E-state index in [4.69, 9.17) is 9.84 Å². The molecule has 1 heterocycles. The van der Waals surface area contributed by atoms with Crippen LogP contribution in [0.15, 0.2) is 24.3 Å². The molecule has 6 heteroatoms. The van der Waals surface area contributed by atoms with Crippen LogP contribution in [-0.2, 0) is 0 Å². The van der Waals surface area contributed by atoms with Gasteiger partial charge in [0.1, 0.15) is 17.9 Å². The van der Waals surface area contributed by atoms with Crippen LogP contribution in [0.25, 0.3) is 0 Å². The molecular weight excluding hydrogens is 236 g/mol. The minimum absolute atomic E-state index is 0.106. The molecule has 0 atom stereocenters. The van der Waals surface area contributed by atoms with Crippen LogP contribution in [-0.4, -0.2) is 48.2 Å². The van der Waals surface area contributed by atoms with Gasteiger partial charge in [-0.2, -0.15) is 0 Å². The van der Waals surface area contributed by atoms with Crippen molar-refractivity contribution < 1.29 is 19.4 Å². The fraction of sp³-hybridized carbons (Fsp3) is 0.333. The second-order valence-corrected chi connectivity index (χ2v) is 3.87. The van der Waals surface area contributed by atoms with E-state index in [1.165, 1.54) is 6.07 Å². The molecule has 6 nitrogen and oxygen atoms in total. The fourth-order valence-electron chi connectivity index (χ4n) is 1.76. The van der Waals surface area contributed by atoms with Gasteiger partial charge in [0, 0.05) is 13.1 Å². The second kappa shape index (κ2) is 5.39. The van der Waals surface area contributed by atoms with E-state index in [1.54, 1.807) is 23.1 Å². The number of carboxylic acid groups (broad SMARTS) is 1. The third-order valence-corrected chi connectivity index (χ3v) is 2.68. The van der Waals surface area contributed by atoms with Crippen LogP contribution >= 0.6 is 0 Å². The van der Waals surface area contributed by atoms with Gasteiger partial charge in [-0.05, 0) is 12.1 Å². The van der Waals surface area contributed by atoms with Crippen molar-refractivity contribution in [3.63, 3.8) is 0 Å². The van der Waals surface area contributed by atoms with Crippen molar-refractivity contribution in [3.05, 3.63) is 29.8 Å². The Morgan fingerprint density at radius 3 is 2.89 bits per heavy atom. The summed E-state index contributed by atoms with van der Waals surface area (Å²) in [4.78, 5) is 23.8. The number of nitrogens with zero attached hydrogens (tertiary/aromatic N) is 1. The molecule has 0 bridgehead atoms. The van der Waals surface area contributed by atoms with Crippen LogP contribution in [0.2, 0.25) is 0 Å². The van der Waals surface area contributed by atoms with Crippen LogP contribution in [0, 0.1) is 0 Å². The Morgan fingerprint density at radius 1 is 1.44 bits per heavy atom. The van der Waals surface area contributed by atoms with Gasteiger partial charge in [0.25, 0.3) is 0 Å². The number of carbonyl (C=O) groups is 2. The zero-order chi connectivity index (χ0) is 13.0. The van der Waals surface area contributed by atoms with Crippen molar-refractivity contribution >= 4 is 12.0 Å². The molecule has 0 spiro atoms. The summed E-state index contributed by atoms with van der Waals surface area (Å²) in [6, 6.07) is 6.34. The molecule has 0 saturated carbocycles. The lowest BCUT2D eigenvalue weighted by Gasteiger charge is -2.15. The lowest BCUT2D eigenvalue weighted by Crippen LogP contribution is -2.32. The average molecular weight is 250 g/mol. The SMILES string of the molecule is O=C(O)c1ccccc1OCCN1CCNC1=O. The minimum Gasteiger partial charge on any atom is -0.491 e. The van der Waals surface area contributed by atoms with E-state index in [0.717, 1.165) is 0 Å². The Balaban J connectivity index is 1.90. The van der Waals surface area contributed by atoms with Crippen molar-refractivity contribution in [2.24, 2.45) is 0 Å². The summed E-state index contributed by atoms with van der Waals surface area (Å²) in [5, 5.41) is 11.6. The maximum Gasteiger partial charge on any atom is 0.339 e. The van der Waals surface area contributed by atoms with Gasteiger partial charge in [-0.25, -0.2) is 9.59 Å². The van der Waals surface area contributed by atoms with E-state index in [-0.39, 0.29) is 18.2 Å². The van der Waals surface area contributed by atoms with Gasteiger partial charge in [0.15, 0.2) is 0 Å². The number of carbonyl (C=O) groups excluding carboxylic acids is 1. The normalized spacial score (nSPS) is 14.4. The third kappa shape index (κ3) is 2.71. The molecule has 1 aromatic rings. The Kier molecular flexibility index (Phi) is 3.66. The number of nitrogens with one attached hydrogen (secondary N) is 1. The molecule has 1 aliphatic heterocycles. The lowest BCUT2D eigenvalue weighted by atomic mass is 10.2. The summed E-state index contributed by atoms with van der Waals surface area (Å²) < 4.78 is 5.41. The Hall–Kier alpha value is -2.24. The number of hydrogen-bond donors (Lipinski definition) is 2. The molecule has 96 valence electrons. The van der Waals surface area contributed by atoms with Crippen LogP contribution in [0.4, 0.5) is 4.79 Å². The van der Waals surface area contributed by atoms with Crippen molar-refractivity contribution in [1.82, 2.24) is 10.2 Å². The van der Waals surface area contributed by atoms with E-state index < -0.39 is 5.97 Å². The number of amides is 2. The van der Waals surface area contributed by atoms with E-state index in [1.807, 2.05) is 0 Å². The first-order valence-corrected chi connectivity index (χ1v) is 5.66. The molecular formula is C12H14N2O4. The highest BCUT2D eigenvalue weighted by atomic mass is 16.5. The minimum atomic E-state index is -1.02. The molecule has 2 N–H and O–H groups in total. The highest BCUT2D eigenvalue weighted by molar-refractivity contribution is 5.90. The fourth-order valence-corrected chi connectivity index (χ4v) is 1.76. The first-order valence-electron chi connectivity index (χ1n) is 5.66. The van der Waals surface area contributed by atoms with Gasteiger partial charge in [0.2, 0.25) is 0 Å². The second-order valence-electron chi connectivity index (χ2n) is 3.87. The summed E-state index contributed by atoms with van der Waals surface area (Å²) >= 11 is 0. The molecule has 1 fully saturated rings. The lowest BCUT2D eigenvalue weighted by molar-refractivity contribution is 0.0691. The smallest absolute Gasteiger partial charge is 0.339 e. The Morgan fingerprint density at radius 2 is 2.22 bits per heavy atom. The van der Waals surface area contributed by atoms with Crippen LogP contribution in [0.3, 0.4) is 0 Å². The molecule has 1 saturated heterocycles. The van der Waals surface area contributed by atoms with Gasteiger partial charge in [0.05, 0.1) is 6.54 Å². The quantitative estimate of drug-likeness (QED) is 0.809. The predicted octanol–water partition coefficient (Wildman–Crippen LogP) is 0.789. The number of hydrogen-bond acceptors (Lipinski definition) is 3.